The number of carbonyl (C=O) groups excluding carboxylic acids is 1. The van der Waals surface area contributed by atoms with Crippen LogP contribution < -0.4 is 5.32 Å². The summed E-state index contributed by atoms with van der Waals surface area (Å²) in [5.41, 5.74) is 0. The molecule has 2 nitrogen and oxygen atoms in total. The van der Waals surface area contributed by atoms with Crippen LogP contribution in [0.15, 0.2) is 0 Å². The van der Waals surface area contributed by atoms with E-state index in [4.69, 9.17) is 0 Å². The molecule has 58 valence electrons. The standard InChI is InChI=1S/C7H13NOS/c1-7(5-8-6-9)3-2-4-10-7/h6H,2-5H2,1H3,(H,8,9). The van der Waals surface area contributed by atoms with E-state index >= 15 is 0 Å². The summed E-state index contributed by atoms with van der Waals surface area (Å²) in [5.74, 6) is 1.25. The number of hydrogen-bond acceptors (Lipinski definition) is 2. The lowest BCUT2D eigenvalue weighted by Gasteiger charge is -2.21. The third kappa shape index (κ3) is 1.90. The summed E-state index contributed by atoms with van der Waals surface area (Å²) in [6.45, 7) is 3.03. The fraction of sp³-hybridized carbons (Fsp3) is 0.857. The highest BCUT2D eigenvalue weighted by molar-refractivity contribution is 8.00. The van der Waals surface area contributed by atoms with Crippen LogP contribution in [0.4, 0.5) is 0 Å². The third-order valence-corrected chi connectivity index (χ3v) is 3.40. The number of amides is 1. The minimum absolute atomic E-state index is 0.320. The van der Waals surface area contributed by atoms with Gasteiger partial charge in [-0.2, -0.15) is 11.8 Å². The molecule has 1 N–H and O–H groups in total. The van der Waals surface area contributed by atoms with Gasteiger partial charge in [-0.15, -0.1) is 0 Å². The van der Waals surface area contributed by atoms with E-state index in [-0.39, 0.29) is 0 Å². The van der Waals surface area contributed by atoms with Crippen LogP contribution in [0, 0.1) is 0 Å². The zero-order valence-corrected chi connectivity index (χ0v) is 7.04. The molecule has 1 aliphatic rings. The van der Waals surface area contributed by atoms with Crippen LogP contribution in [-0.4, -0.2) is 23.5 Å². The highest BCUT2D eigenvalue weighted by Crippen LogP contribution is 2.36. The van der Waals surface area contributed by atoms with Crippen LogP contribution in [0.25, 0.3) is 0 Å². The molecular weight excluding hydrogens is 146 g/mol. The minimum atomic E-state index is 0.320. The molecule has 1 aliphatic heterocycles. The zero-order chi connectivity index (χ0) is 7.45. The van der Waals surface area contributed by atoms with Gasteiger partial charge in [0.2, 0.25) is 6.41 Å². The van der Waals surface area contributed by atoms with Crippen molar-refractivity contribution in [2.45, 2.75) is 24.5 Å². The molecule has 0 aromatic heterocycles. The van der Waals surface area contributed by atoms with Gasteiger partial charge in [-0.05, 0) is 25.5 Å². The van der Waals surface area contributed by atoms with Gasteiger partial charge in [0.1, 0.15) is 0 Å². The summed E-state index contributed by atoms with van der Waals surface area (Å²) in [6.07, 6.45) is 3.31. The summed E-state index contributed by atoms with van der Waals surface area (Å²) in [6, 6.07) is 0. The van der Waals surface area contributed by atoms with E-state index in [0.29, 0.717) is 4.75 Å². The van der Waals surface area contributed by atoms with Gasteiger partial charge in [-0.1, -0.05) is 0 Å². The van der Waals surface area contributed by atoms with Gasteiger partial charge >= 0.3 is 0 Å². The van der Waals surface area contributed by atoms with Crippen molar-refractivity contribution in [1.82, 2.24) is 5.32 Å². The second kappa shape index (κ2) is 3.28. The number of rotatable bonds is 3. The first-order valence-electron chi connectivity index (χ1n) is 3.58. The summed E-state index contributed by atoms with van der Waals surface area (Å²) < 4.78 is 0.320. The predicted octanol–water partition coefficient (Wildman–Crippen LogP) is 1.02. The lowest BCUT2D eigenvalue weighted by atomic mass is 10.1. The van der Waals surface area contributed by atoms with Crippen molar-refractivity contribution in [3.05, 3.63) is 0 Å². The van der Waals surface area contributed by atoms with Gasteiger partial charge in [-0.25, -0.2) is 0 Å². The Kier molecular flexibility index (Phi) is 2.60. The van der Waals surface area contributed by atoms with Gasteiger partial charge in [0.15, 0.2) is 0 Å². The van der Waals surface area contributed by atoms with E-state index < -0.39 is 0 Å². The van der Waals surface area contributed by atoms with Crippen molar-refractivity contribution in [2.75, 3.05) is 12.3 Å². The van der Waals surface area contributed by atoms with Crippen molar-refractivity contribution in [3.8, 4) is 0 Å². The molecule has 10 heavy (non-hydrogen) atoms. The van der Waals surface area contributed by atoms with Crippen molar-refractivity contribution >= 4 is 18.2 Å². The average molecular weight is 159 g/mol. The molecule has 3 heteroatoms. The van der Waals surface area contributed by atoms with E-state index in [9.17, 15) is 4.79 Å². The van der Waals surface area contributed by atoms with Crippen molar-refractivity contribution in [2.24, 2.45) is 0 Å². The van der Waals surface area contributed by atoms with Crippen LogP contribution >= 0.6 is 11.8 Å². The van der Waals surface area contributed by atoms with Gasteiger partial charge in [0.05, 0.1) is 0 Å². The number of hydrogen-bond donors (Lipinski definition) is 1. The Morgan fingerprint density at radius 2 is 2.60 bits per heavy atom. The van der Waals surface area contributed by atoms with E-state index in [1.165, 1.54) is 18.6 Å². The predicted molar refractivity (Wildman–Crippen MR) is 44.2 cm³/mol. The highest BCUT2D eigenvalue weighted by atomic mass is 32.2. The van der Waals surface area contributed by atoms with Gasteiger partial charge in [0.25, 0.3) is 0 Å². The zero-order valence-electron chi connectivity index (χ0n) is 6.22. The molecule has 0 spiro atoms. The summed E-state index contributed by atoms with van der Waals surface area (Å²) in [4.78, 5) is 9.98. The molecule has 1 fully saturated rings. The number of carbonyl (C=O) groups is 1. The minimum Gasteiger partial charge on any atom is -0.357 e. The van der Waals surface area contributed by atoms with E-state index in [0.717, 1.165) is 13.0 Å². The van der Waals surface area contributed by atoms with E-state index in [2.05, 4.69) is 12.2 Å². The number of thioether (sulfide) groups is 1. The molecule has 1 unspecified atom stereocenters. The molecule has 1 atom stereocenters. The second-order valence-electron chi connectivity index (χ2n) is 2.90. The Balaban J connectivity index is 2.28. The summed E-state index contributed by atoms with van der Waals surface area (Å²) >= 11 is 1.96. The molecule has 1 saturated heterocycles. The molecular formula is C7H13NOS. The first kappa shape index (κ1) is 7.92. The molecule has 0 aromatic rings. The average Bonchev–Trinajstić information content (AvgIpc) is 2.33. The summed E-state index contributed by atoms with van der Waals surface area (Å²) in [5, 5.41) is 2.73. The molecule has 1 amide bonds. The van der Waals surface area contributed by atoms with Gasteiger partial charge < -0.3 is 5.32 Å². The Morgan fingerprint density at radius 1 is 1.80 bits per heavy atom. The SMILES string of the molecule is CC1(CNC=O)CCCS1. The lowest BCUT2D eigenvalue weighted by molar-refractivity contribution is -0.109. The molecule has 0 aliphatic carbocycles. The first-order chi connectivity index (χ1) is 4.77. The Labute approximate surface area is 65.8 Å². The van der Waals surface area contributed by atoms with Crippen molar-refractivity contribution < 1.29 is 4.79 Å². The third-order valence-electron chi connectivity index (χ3n) is 1.86. The molecule has 0 saturated carbocycles. The highest BCUT2D eigenvalue weighted by Gasteiger charge is 2.28. The van der Waals surface area contributed by atoms with E-state index in [1.54, 1.807) is 0 Å². The van der Waals surface area contributed by atoms with Crippen LogP contribution in [0.1, 0.15) is 19.8 Å². The normalized spacial score (nSPS) is 32.1. The quantitative estimate of drug-likeness (QED) is 0.623. The Hall–Kier alpha value is -0.180. The van der Waals surface area contributed by atoms with Crippen LogP contribution in [0.3, 0.4) is 0 Å². The first-order valence-corrected chi connectivity index (χ1v) is 4.56. The van der Waals surface area contributed by atoms with Crippen molar-refractivity contribution in [3.63, 3.8) is 0 Å². The summed E-state index contributed by atoms with van der Waals surface area (Å²) in [7, 11) is 0. The molecule has 1 heterocycles. The molecule has 0 radical (unpaired) electrons. The fourth-order valence-electron chi connectivity index (χ4n) is 1.23. The van der Waals surface area contributed by atoms with Crippen LogP contribution in [0.2, 0.25) is 0 Å². The molecule has 0 aromatic carbocycles. The fourth-order valence-corrected chi connectivity index (χ4v) is 2.49. The maximum atomic E-state index is 9.98. The van der Waals surface area contributed by atoms with Gasteiger partial charge in [-0.3, -0.25) is 4.79 Å². The van der Waals surface area contributed by atoms with Crippen LogP contribution in [0.5, 0.6) is 0 Å². The van der Waals surface area contributed by atoms with E-state index in [1.807, 2.05) is 11.8 Å². The molecule has 0 bridgehead atoms. The lowest BCUT2D eigenvalue weighted by Crippen LogP contribution is -2.31. The smallest absolute Gasteiger partial charge is 0.207 e. The molecule has 1 rings (SSSR count). The second-order valence-corrected chi connectivity index (χ2v) is 4.58. The van der Waals surface area contributed by atoms with Crippen LogP contribution in [-0.2, 0) is 4.79 Å². The Bertz CT molecular complexity index is 121. The van der Waals surface area contributed by atoms with Gasteiger partial charge in [0, 0.05) is 11.3 Å². The monoisotopic (exact) mass is 159 g/mol. The Morgan fingerprint density at radius 3 is 3.10 bits per heavy atom. The maximum Gasteiger partial charge on any atom is 0.207 e. The maximum absolute atomic E-state index is 9.98. The van der Waals surface area contributed by atoms with Crippen molar-refractivity contribution in [1.29, 1.82) is 0 Å². The topological polar surface area (TPSA) is 29.1 Å². The number of nitrogens with one attached hydrogen (secondary N) is 1. The largest absolute Gasteiger partial charge is 0.357 e.